The van der Waals surface area contributed by atoms with Gasteiger partial charge >= 0.3 is 0 Å². The van der Waals surface area contributed by atoms with Crippen LogP contribution in [0.1, 0.15) is 18.6 Å². The van der Waals surface area contributed by atoms with E-state index in [1.165, 1.54) is 6.07 Å². The van der Waals surface area contributed by atoms with Crippen LogP contribution in [0.25, 0.3) is 0 Å². The molecule has 0 aliphatic rings. The van der Waals surface area contributed by atoms with Gasteiger partial charge in [0.15, 0.2) is 0 Å². The summed E-state index contributed by atoms with van der Waals surface area (Å²) in [4.78, 5) is 0. The third-order valence-corrected chi connectivity index (χ3v) is 3.44. The molecule has 3 unspecified atom stereocenters. The molecule has 0 amide bonds. The summed E-state index contributed by atoms with van der Waals surface area (Å²) in [5.74, 6) is -0.985. The minimum atomic E-state index is -1.06. The molecule has 0 aromatic heterocycles. The molecule has 2 N–H and O–H groups in total. The summed E-state index contributed by atoms with van der Waals surface area (Å²) in [5, 5.41) is 12.7. The van der Waals surface area contributed by atoms with Crippen LogP contribution >= 0.6 is 0 Å². The zero-order valence-electron chi connectivity index (χ0n) is 10.3. The van der Waals surface area contributed by atoms with Gasteiger partial charge in [-0.05, 0) is 13.0 Å². The molecule has 1 rings (SSSR count). The second-order valence-corrected chi connectivity index (χ2v) is 5.71. The lowest BCUT2D eigenvalue weighted by molar-refractivity contribution is 0.167. The highest BCUT2D eigenvalue weighted by atomic mass is 32.2. The molecule has 18 heavy (non-hydrogen) atoms. The number of rotatable bonds is 6. The van der Waals surface area contributed by atoms with Gasteiger partial charge in [0.05, 0.1) is 6.10 Å². The van der Waals surface area contributed by atoms with Gasteiger partial charge in [0, 0.05) is 47.0 Å². The Bertz CT molecular complexity index is 429. The first-order valence-electron chi connectivity index (χ1n) is 5.56. The topological polar surface area (TPSA) is 49.3 Å². The van der Waals surface area contributed by atoms with E-state index in [2.05, 4.69) is 5.32 Å². The number of aliphatic hydroxyl groups excluding tert-OH is 1. The van der Waals surface area contributed by atoms with Crippen molar-refractivity contribution < 1.29 is 18.1 Å². The van der Waals surface area contributed by atoms with Gasteiger partial charge in [-0.3, -0.25) is 4.21 Å². The van der Waals surface area contributed by atoms with Crippen molar-refractivity contribution >= 4 is 10.8 Å². The Hall–Kier alpha value is -0.850. The van der Waals surface area contributed by atoms with Crippen LogP contribution in [0.15, 0.2) is 18.2 Å². The summed E-state index contributed by atoms with van der Waals surface area (Å²) < 4.78 is 37.0. The van der Waals surface area contributed by atoms with E-state index >= 15 is 0 Å². The van der Waals surface area contributed by atoms with Crippen LogP contribution in [0, 0.1) is 11.6 Å². The fourth-order valence-corrected chi connectivity index (χ4v) is 2.43. The lowest BCUT2D eigenvalue weighted by atomic mass is 10.1. The molecule has 0 fully saturated rings. The summed E-state index contributed by atoms with van der Waals surface area (Å²) >= 11 is 0. The maximum atomic E-state index is 13.4. The molecule has 0 aliphatic heterocycles. The molecule has 0 aliphatic carbocycles. The molecular formula is C12H17F2NO2S. The summed E-state index contributed by atoms with van der Waals surface area (Å²) in [6.45, 7) is 1.95. The Labute approximate surface area is 108 Å². The van der Waals surface area contributed by atoms with Gasteiger partial charge in [0.1, 0.15) is 11.6 Å². The van der Waals surface area contributed by atoms with Crippen molar-refractivity contribution in [2.45, 2.75) is 19.1 Å². The molecule has 1 aromatic rings. The zero-order valence-corrected chi connectivity index (χ0v) is 11.1. The van der Waals surface area contributed by atoms with Crippen molar-refractivity contribution in [3.05, 3.63) is 35.4 Å². The number of hydrogen-bond donors (Lipinski definition) is 2. The van der Waals surface area contributed by atoms with E-state index in [0.717, 1.165) is 12.1 Å². The molecule has 102 valence electrons. The van der Waals surface area contributed by atoms with Crippen LogP contribution in [0.5, 0.6) is 0 Å². The van der Waals surface area contributed by atoms with Crippen molar-refractivity contribution in [1.29, 1.82) is 0 Å². The average molecular weight is 277 g/mol. The van der Waals surface area contributed by atoms with Gasteiger partial charge in [0.2, 0.25) is 0 Å². The van der Waals surface area contributed by atoms with E-state index in [1.807, 2.05) is 6.92 Å². The second kappa shape index (κ2) is 6.92. The number of benzene rings is 1. The summed E-state index contributed by atoms with van der Waals surface area (Å²) in [6.07, 6.45) is 0.534. The van der Waals surface area contributed by atoms with Crippen LogP contribution in [-0.4, -0.2) is 33.9 Å². The molecule has 0 bridgehead atoms. The molecule has 0 heterocycles. The summed E-state index contributed by atoms with van der Waals surface area (Å²) in [5.41, 5.74) is 0.0497. The van der Waals surface area contributed by atoms with E-state index in [0.29, 0.717) is 5.75 Å². The number of nitrogens with one attached hydrogen (secondary N) is 1. The molecule has 0 saturated heterocycles. The van der Waals surface area contributed by atoms with Crippen molar-refractivity contribution in [1.82, 2.24) is 5.32 Å². The predicted octanol–water partition coefficient (Wildman–Crippen LogP) is 1.35. The fourth-order valence-electron chi connectivity index (χ4n) is 1.61. The quantitative estimate of drug-likeness (QED) is 0.825. The Kier molecular flexibility index (Phi) is 5.84. The van der Waals surface area contributed by atoms with E-state index in [-0.39, 0.29) is 18.2 Å². The smallest absolute Gasteiger partial charge is 0.131 e. The molecular weight excluding hydrogens is 260 g/mol. The van der Waals surface area contributed by atoms with Gasteiger partial charge in [-0.25, -0.2) is 8.78 Å². The number of hydrogen-bond acceptors (Lipinski definition) is 3. The van der Waals surface area contributed by atoms with E-state index in [1.54, 1.807) is 6.26 Å². The largest absolute Gasteiger partial charge is 0.387 e. The first-order valence-corrected chi connectivity index (χ1v) is 7.29. The maximum Gasteiger partial charge on any atom is 0.131 e. The first kappa shape index (κ1) is 15.2. The standard InChI is InChI=1S/C12H17F2NO2S/c1-8(7-18(2)17)15-6-12(16)10-4-3-9(13)5-11(10)14/h3-5,8,12,15-16H,6-7H2,1-2H3. The van der Waals surface area contributed by atoms with E-state index in [9.17, 15) is 18.1 Å². The highest BCUT2D eigenvalue weighted by molar-refractivity contribution is 7.84. The molecule has 0 spiro atoms. The monoisotopic (exact) mass is 277 g/mol. The summed E-state index contributed by atoms with van der Waals surface area (Å²) in [6, 6.07) is 3.02. The third-order valence-electron chi connectivity index (χ3n) is 2.47. The van der Waals surface area contributed by atoms with Gasteiger partial charge in [-0.15, -0.1) is 0 Å². The fraction of sp³-hybridized carbons (Fsp3) is 0.500. The van der Waals surface area contributed by atoms with Crippen LogP contribution in [0.2, 0.25) is 0 Å². The van der Waals surface area contributed by atoms with Crippen LogP contribution in [0.4, 0.5) is 8.78 Å². The molecule has 1 aromatic carbocycles. The molecule has 0 saturated carbocycles. The van der Waals surface area contributed by atoms with Gasteiger partial charge < -0.3 is 10.4 Å². The molecule has 3 atom stereocenters. The maximum absolute atomic E-state index is 13.4. The van der Waals surface area contributed by atoms with Crippen molar-refractivity contribution in [2.24, 2.45) is 0 Å². The molecule has 6 heteroatoms. The number of aliphatic hydroxyl groups is 1. The van der Waals surface area contributed by atoms with Crippen molar-refractivity contribution in [2.75, 3.05) is 18.6 Å². The van der Waals surface area contributed by atoms with Gasteiger partial charge in [-0.2, -0.15) is 0 Å². The normalized spacial score (nSPS) is 16.3. The SMILES string of the molecule is CC(CS(C)=O)NCC(O)c1ccc(F)cc1F. The van der Waals surface area contributed by atoms with Crippen LogP contribution in [0.3, 0.4) is 0 Å². The molecule has 0 radical (unpaired) electrons. The Morgan fingerprint density at radius 1 is 1.44 bits per heavy atom. The Morgan fingerprint density at radius 3 is 2.67 bits per heavy atom. The molecule has 3 nitrogen and oxygen atoms in total. The predicted molar refractivity (Wildman–Crippen MR) is 67.7 cm³/mol. The van der Waals surface area contributed by atoms with Gasteiger partial charge in [0.25, 0.3) is 0 Å². The lowest BCUT2D eigenvalue weighted by Crippen LogP contribution is -2.34. The highest BCUT2D eigenvalue weighted by Gasteiger charge is 2.14. The summed E-state index contributed by atoms with van der Waals surface area (Å²) in [7, 11) is -0.930. The minimum absolute atomic E-state index is 0.0472. The Morgan fingerprint density at radius 2 is 2.11 bits per heavy atom. The van der Waals surface area contributed by atoms with Crippen molar-refractivity contribution in [3.8, 4) is 0 Å². The van der Waals surface area contributed by atoms with E-state index < -0.39 is 28.5 Å². The number of halogens is 2. The van der Waals surface area contributed by atoms with Crippen LogP contribution in [-0.2, 0) is 10.8 Å². The van der Waals surface area contributed by atoms with Crippen molar-refractivity contribution in [3.63, 3.8) is 0 Å². The minimum Gasteiger partial charge on any atom is -0.387 e. The van der Waals surface area contributed by atoms with Gasteiger partial charge in [-0.1, -0.05) is 6.07 Å². The average Bonchev–Trinajstić information content (AvgIpc) is 2.25. The van der Waals surface area contributed by atoms with Crippen LogP contribution < -0.4 is 5.32 Å². The first-order chi connectivity index (χ1) is 8.40. The van der Waals surface area contributed by atoms with E-state index in [4.69, 9.17) is 0 Å². The highest BCUT2D eigenvalue weighted by Crippen LogP contribution is 2.17. The second-order valence-electron chi connectivity index (χ2n) is 4.23. The zero-order chi connectivity index (χ0) is 13.7. The Balaban J connectivity index is 2.54. The lowest BCUT2D eigenvalue weighted by Gasteiger charge is -2.17. The third kappa shape index (κ3) is 4.80.